The van der Waals surface area contributed by atoms with Crippen LogP contribution in [0, 0.1) is 0 Å². The number of hydrogen-bond donors (Lipinski definition) is 1. The number of thioether (sulfide) groups is 1. The van der Waals surface area contributed by atoms with Gasteiger partial charge in [-0.25, -0.2) is 9.59 Å². The number of rotatable bonds is 4. The van der Waals surface area contributed by atoms with E-state index < -0.39 is 35.2 Å². The van der Waals surface area contributed by atoms with Crippen LogP contribution in [0.2, 0.25) is 0 Å². The van der Waals surface area contributed by atoms with Crippen molar-refractivity contribution in [3.8, 4) is 0 Å². The molecule has 1 N–H and O–H groups in total. The highest BCUT2D eigenvalue weighted by atomic mass is 32.2. The second kappa shape index (κ2) is 10.3. The molecule has 3 aliphatic rings. The number of amides is 3. The Morgan fingerprint density at radius 2 is 1.67 bits per heavy atom. The van der Waals surface area contributed by atoms with Crippen molar-refractivity contribution in [2.45, 2.75) is 69.6 Å². The Balaban J connectivity index is 1.52. The highest BCUT2D eigenvalue weighted by molar-refractivity contribution is 7.99. The summed E-state index contributed by atoms with van der Waals surface area (Å²) in [4.78, 5) is 56.7. The van der Waals surface area contributed by atoms with Crippen molar-refractivity contribution in [3.05, 3.63) is 35.9 Å². The van der Waals surface area contributed by atoms with Gasteiger partial charge in [0.2, 0.25) is 11.8 Å². The number of aliphatic carboxylic acids is 1. The van der Waals surface area contributed by atoms with Crippen LogP contribution in [0.3, 0.4) is 0 Å². The van der Waals surface area contributed by atoms with E-state index in [1.807, 2.05) is 30.3 Å². The van der Waals surface area contributed by atoms with Crippen LogP contribution in [0.4, 0.5) is 4.79 Å². The van der Waals surface area contributed by atoms with Gasteiger partial charge < -0.3 is 19.6 Å². The zero-order valence-corrected chi connectivity index (χ0v) is 22.0. The molecule has 2 unspecified atom stereocenters. The van der Waals surface area contributed by atoms with E-state index >= 15 is 0 Å². The molecule has 0 aliphatic carbocycles. The molecule has 0 spiro atoms. The standard InChI is InChI=1S/C26H35N3O6S/c1-25(2,3)35-24(34)29-17-36-16-20(29)21(30)27-14-11-26(12-15-27,18-8-5-4-6-9-18)23(33)28-13-7-10-19(28)22(31)32/h4-6,8-9,19-20H,7,10-17H2,1-3H3,(H,31,32). The van der Waals surface area contributed by atoms with Crippen LogP contribution in [0.1, 0.15) is 52.0 Å². The molecule has 4 rings (SSSR count). The molecule has 3 saturated heterocycles. The largest absolute Gasteiger partial charge is 0.480 e. The Kier molecular flexibility index (Phi) is 7.54. The molecule has 36 heavy (non-hydrogen) atoms. The molecule has 3 fully saturated rings. The summed E-state index contributed by atoms with van der Waals surface area (Å²) in [7, 11) is 0. The van der Waals surface area contributed by atoms with E-state index in [9.17, 15) is 24.3 Å². The summed E-state index contributed by atoms with van der Waals surface area (Å²) in [5.74, 6) is -0.373. The van der Waals surface area contributed by atoms with Crippen LogP contribution in [0.25, 0.3) is 0 Å². The zero-order chi connectivity index (χ0) is 26.1. The topological polar surface area (TPSA) is 107 Å². The minimum absolute atomic E-state index is 0.135. The van der Waals surface area contributed by atoms with Crippen molar-refractivity contribution in [1.82, 2.24) is 14.7 Å². The maximum atomic E-state index is 13.9. The van der Waals surface area contributed by atoms with Crippen LogP contribution in [0.5, 0.6) is 0 Å². The first-order chi connectivity index (χ1) is 17.0. The van der Waals surface area contributed by atoms with Gasteiger partial charge in [-0.05, 0) is 52.0 Å². The molecule has 9 nitrogen and oxygen atoms in total. The van der Waals surface area contributed by atoms with Crippen molar-refractivity contribution in [1.29, 1.82) is 0 Å². The second-order valence-corrected chi connectivity index (χ2v) is 11.7. The van der Waals surface area contributed by atoms with Crippen molar-refractivity contribution >= 4 is 35.6 Å². The third-order valence-corrected chi connectivity index (χ3v) is 8.27. The van der Waals surface area contributed by atoms with Gasteiger partial charge in [-0.3, -0.25) is 14.5 Å². The maximum Gasteiger partial charge on any atom is 0.411 e. The van der Waals surface area contributed by atoms with Crippen LogP contribution in [-0.4, -0.2) is 92.6 Å². The lowest BCUT2D eigenvalue weighted by atomic mass is 9.71. The van der Waals surface area contributed by atoms with Gasteiger partial charge in [-0.2, -0.15) is 0 Å². The molecule has 3 amide bonds. The monoisotopic (exact) mass is 517 g/mol. The Labute approximate surface area is 216 Å². The predicted octanol–water partition coefficient (Wildman–Crippen LogP) is 2.93. The van der Waals surface area contributed by atoms with E-state index in [2.05, 4.69) is 0 Å². The number of likely N-dealkylation sites (tertiary alicyclic amines) is 2. The van der Waals surface area contributed by atoms with E-state index in [0.29, 0.717) is 56.9 Å². The Morgan fingerprint density at radius 3 is 2.28 bits per heavy atom. The number of piperidine rings is 1. The number of benzene rings is 1. The van der Waals surface area contributed by atoms with Crippen molar-refractivity contribution in [3.63, 3.8) is 0 Å². The van der Waals surface area contributed by atoms with Crippen LogP contribution >= 0.6 is 11.8 Å². The molecular weight excluding hydrogens is 482 g/mol. The van der Waals surface area contributed by atoms with Crippen LogP contribution in [-0.2, 0) is 24.5 Å². The fourth-order valence-electron chi connectivity index (χ4n) is 5.39. The number of ether oxygens (including phenoxy) is 1. The SMILES string of the molecule is CC(C)(C)OC(=O)N1CSCC1C(=O)N1CCC(C(=O)N2CCCC2C(=O)O)(c2ccccc2)CC1. The van der Waals surface area contributed by atoms with Gasteiger partial charge in [-0.15, -0.1) is 11.8 Å². The van der Waals surface area contributed by atoms with E-state index in [4.69, 9.17) is 4.74 Å². The highest BCUT2D eigenvalue weighted by Gasteiger charge is 2.50. The molecular formula is C26H35N3O6S. The highest BCUT2D eigenvalue weighted by Crippen LogP contribution is 2.40. The molecule has 1 aromatic rings. The van der Waals surface area contributed by atoms with Crippen LogP contribution < -0.4 is 0 Å². The molecule has 2 atom stereocenters. The number of carbonyl (C=O) groups excluding carboxylic acids is 3. The average molecular weight is 518 g/mol. The van der Waals surface area contributed by atoms with Crippen molar-refractivity contribution in [2.24, 2.45) is 0 Å². The summed E-state index contributed by atoms with van der Waals surface area (Å²) in [6, 6.07) is 8.08. The van der Waals surface area contributed by atoms with Crippen LogP contribution in [0.15, 0.2) is 30.3 Å². The third-order valence-electron chi connectivity index (χ3n) is 7.26. The normalized spacial score (nSPS) is 24.0. The molecule has 10 heteroatoms. The fraction of sp³-hybridized carbons (Fsp3) is 0.615. The minimum atomic E-state index is -0.974. The summed E-state index contributed by atoms with van der Waals surface area (Å²) in [5.41, 5.74) is -0.682. The van der Waals surface area contributed by atoms with E-state index in [-0.39, 0.29) is 11.8 Å². The molecule has 0 aromatic heterocycles. The molecule has 196 valence electrons. The number of carboxylic acid groups (broad SMARTS) is 1. The Hall–Kier alpha value is -2.75. The molecule has 0 bridgehead atoms. The van der Waals surface area contributed by atoms with Crippen molar-refractivity contribution in [2.75, 3.05) is 31.3 Å². The lowest BCUT2D eigenvalue weighted by Crippen LogP contribution is -2.58. The molecule has 3 heterocycles. The van der Waals surface area contributed by atoms with E-state index in [1.54, 1.807) is 25.7 Å². The first kappa shape index (κ1) is 26.3. The Bertz CT molecular complexity index is 1000. The van der Waals surface area contributed by atoms with Gasteiger partial charge in [0.05, 0.1) is 11.3 Å². The summed E-state index contributed by atoms with van der Waals surface area (Å²) in [6.07, 6.45) is 1.42. The average Bonchev–Trinajstić information content (AvgIpc) is 3.53. The lowest BCUT2D eigenvalue weighted by molar-refractivity contribution is -0.152. The van der Waals surface area contributed by atoms with Gasteiger partial charge in [0, 0.05) is 25.4 Å². The summed E-state index contributed by atoms with van der Waals surface area (Å²) in [6.45, 7) is 6.53. The smallest absolute Gasteiger partial charge is 0.411 e. The minimum Gasteiger partial charge on any atom is -0.480 e. The van der Waals surface area contributed by atoms with Gasteiger partial charge in [-0.1, -0.05) is 30.3 Å². The van der Waals surface area contributed by atoms with Gasteiger partial charge >= 0.3 is 12.1 Å². The number of nitrogens with zero attached hydrogens (tertiary/aromatic N) is 3. The van der Waals surface area contributed by atoms with E-state index in [1.165, 1.54) is 21.6 Å². The summed E-state index contributed by atoms with van der Waals surface area (Å²) in [5, 5.41) is 9.67. The lowest BCUT2D eigenvalue weighted by Gasteiger charge is -2.44. The van der Waals surface area contributed by atoms with Gasteiger partial charge in [0.1, 0.15) is 17.7 Å². The number of hydrogen-bond acceptors (Lipinski definition) is 6. The zero-order valence-electron chi connectivity index (χ0n) is 21.1. The number of carbonyl (C=O) groups is 4. The molecule has 0 radical (unpaired) electrons. The maximum absolute atomic E-state index is 13.9. The molecule has 0 saturated carbocycles. The summed E-state index contributed by atoms with van der Waals surface area (Å²) >= 11 is 1.52. The first-order valence-electron chi connectivity index (χ1n) is 12.5. The second-order valence-electron chi connectivity index (χ2n) is 10.7. The van der Waals surface area contributed by atoms with Gasteiger partial charge in [0.15, 0.2) is 0 Å². The van der Waals surface area contributed by atoms with E-state index in [0.717, 1.165) is 5.56 Å². The Morgan fingerprint density at radius 1 is 1.00 bits per heavy atom. The summed E-state index contributed by atoms with van der Waals surface area (Å²) < 4.78 is 5.50. The quantitative estimate of drug-likeness (QED) is 0.654. The van der Waals surface area contributed by atoms with Crippen molar-refractivity contribution < 1.29 is 29.0 Å². The molecule has 3 aliphatic heterocycles. The van der Waals surface area contributed by atoms with Gasteiger partial charge in [0.25, 0.3) is 0 Å². The molecule has 1 aromatic carbocycles. The first-order valence-corrected chi connectivity index (χ1v) is 13.6. The number of carboxylic acids is 1. The fourth-order valence-corrected chi connectivity index (χ4v) is 6.53. The third kappa shape index (κ3) is 5.19. The predicted molar refractivity (Wildman–Crippen MR) is 135 cm³/mol.